The van der Waals surface area contributed by atoms with Gasteiger partial charge in [0.2, 0.25) is 0 Å². The molecular formula is C18H29N. The summed E-state index contributed by atoms with van der Waals surface area (Å²) in [7, 11) is 0. The molecule has 0 amide bonds. The average molecular weight is 259 g/mol. The van der Waals surface area contributed by atoms with Crippen LogP contribution in [0.15, 0.2) is 18.2 Å². The lowest BCUT2D eigenvalue weighted by Gasteiger charge is -2.27. The number of benzene rings is 1. The number of hydrogen-bond acceptors (Lipinski definition) is 1. The summed E-state index contributed by atoms with van der Waals surface area (Å²) in [5.41, 5.74) is 5.08. The van der Waals surface area contributed by atoms with Crippen molar-refractivity contribution < 1.29 is 0 Å². The van der Waals surface area contributed by atoms with Crippen molar-refractivity contribution in [2.24, 2.45) is 5.41 Å². The van der Waals surface area contributed by atoms with Crippen LogP contribution < -0.4 is 5.32 Å². The minimum absolute atomic E-state index is 0.441. The van der Waals surface area contributed by atoms with Gasteiger partial charge < -0.3 is 5.32 Å². The highest BCUT2D eigenvalue weighted by molar-refractivity contribution is 5.36. The summed E-state index contributed by atoms with van der Waals surface area (Å²) >= 11 is 0. The Kier molecular flexibility index (Phi) is 4.67. The Labute approximate surface area is 118 Å². The van der Waals surface area contributed by atoms with E-state index >= 15 is 0 Å². The number of nitrogens with one attached hydrogen (secondary N) is 1. The van der Waals surface area contributed by atoms with Crippen molar-refractivity contribution in [2.75, 3.05) is 6.54 Å². The SMILES string of the molecule is CCCc1ccc2c(c1)C(NCC)CC(C)(C)CC2. The van der Waals surface area contributed by atoms with Crippen LogP contribution in [-0.2, 0) is 12.8 Å². The minimum atomic E-state index is 0.441. The van der Waals surface area contributed by atoms with Crippen LogP contribution >= 0.6 is 0 Å². The van der Waals surface area contributed by atoms with Crippen molar-refractivity contribution in [1.29, 1.82) is 0 Å². The van der Waals surface area contributed by atoms with Crippen LogP contribution in [0.5, 0.6) is 0 Å². The summed E-state index contributed by atoms with van der Waals surface area (Å²) in [6, 6.07) is 7.72. The topological polar surface area (TPSA) is 12.0 Å². The summed E-state index contributed by atoms with van der Waals surface area (Å²) in [6.07, 6.45) is 6.22. The molecule has 1 N–H and O–H groups in total. The van der Waals surface area contributed by atoms with Crippen molar-refractivity contribution >= 4 is 0 Å². The Hall–Kier alpha value is -0.820. The third-order valence-electron chi connectivity index (χ3n) is 4.40. The van der Waals surface area contributed by atoms with E-state index in [-0.39, 0.29) is 0 Å². The Balaban J connectivity index is 2.34. The Bertz CT molecular complexity index is 420. The Morgan fingerprint density at radius 2 is 2.05 bits per heavy atom. The van der Waals surface area contributed by atoms with Crippen LogP contribution in [0.1, 0.15) is 69.7 Å². The lowest BCUT2D eigenvalue weighted by molar-refractivity contribution is 0.275. The van der Waals surface area contributed by atoms with E-state index in [0.717, 1.165) is 6.54 Å². The highest BCUT2D eigenvalue weighted by Gasteiger charge is 2.29. The molecule has 0 spiro atoms. The summed E-state index contributed by atoms with van der Waals surface area (Å²) in [4.78, 5) is 0. The van der Waals surface area contributed by atoms with Crippen LogP contribution in [0.25, 0.3) is 0 Å². The first-order chi connectivity index (χ1) is 9.05. The van der Waals surface area contributed by atoms with Crippen LogP contribution in [0.3, 0.4) is 0 Å². The second kappa shape index (κ2) is 6.09. The maximum absolute atomic E-state index is 3.71. The van der Waals surface area contributed by atoms with E-state index in [0.29, 0.717) is 11.5 Å². The maximum atomic E-state index is 3.71. The summed E-state index contributed by atoms with van der Waals surface area (Å²) in [5, 5.41) is 3.71. The molecular weight excluding hydrogens is 230 g/mol. The predicted octanol–water partition coefficient (Wildman–Crippen LogP) is 4.65. The number of hydrogen-bond donors (Lipinski definition) is 1. The fraction of sp³-hybridized carbons (Fsp3) is 0.667. The summed E-state index contributed by atoms with van der Waals surface area (Å²) in [5.74, 6) is 0. The molecule has 1 nitrogen and oxygen atoms in total. The molecule has 1 unspecified atom stereocenters. The van der Waals surface area contributed by atoms with Gasteiger partial charge in [-0.1, -0.05) is 52.3 Å². The minimum Gasteiger partial charge on any atom is -0.310 e. The van der Waals surface area contributed by atoms with Crippen LogP contribution in [0.4, 0.5) is 0 Å². The van der Waals surface area contributed by atoms with E-state index in [2.05, 4.69) is 51.2 Å². The van der Waals surface area contributed by atoms with Gasteiger partial charge >= 0.3 is 0 Å². The van der Waals surface area contributed by atoms with Gasteiger partial charge in [0, 0.05) is 6.04 Å². The molecule has 0 saturated heterocycles. The highest BCUT2D eigenvalue weighted by Crippen LogP contribution is 2.39. The number of rotatable bonds is 4. The van der Waals surface area contributed by atoms with Crippen LogP contribution in [0.2, 0.25) is 0 Å². The molecule has 1 aliphatic rings. The van der Waals surface area contributed by atoms with Gasteiger partial charge in [0.25, 0.3) is 0 Å². The fourth-order valence-electron chi connectivity index (χ4n) is 3.31. The van der Waals surface area contributed by atoms with E-state index in [1.165, 1.54) is 37.7 Å². The smallest absolute Gasteiger partial charge is 0.0328 e. The molecule has 0 saturated carbocycles. The molecule has 0 radical (unpaired) electrons. The molecule has 1 aromatic rings. The molecule has 1 atom stereocenters. The largest absolute Gasteiger partial charge is 0.310 e. The molecule has 19 heavy (non-hydrogen) atoms. The standard InChI is InChI=1S/C18H29N/c1-5-7-14-8-9-15-10-11-18(3,4)13-17(19-6-2)16(15)12-14/h8-9,12,17,19H,5-7,10-11,13H2,1-4H3. The van der Waals surface area contributed by atoms with Gasteiger partial charge in [-0.15, -0.1) is 0 Å². The first-order valence-corrected chi connectivity index (χ1v) is 7.91. The first kappa shape index (κ1) is 14.6. The second-order valence-corrected chi connectivity index (χ2v) is 6.76. The second-order valence-electron chi connectivity index (χ2n) is 6.76. The fourth-order valence-corrected chi connectivity index (χ4v) is 3.31. The third-order valence-corrected chi connectivity index (χ3v) is 4.40. The lowest BCUT2D eigenvalue weighted by Crippen LogP contribution is -2.25. The lowest BCUT2D eigenvalue weighted by atomic mass is 9.83. The molecule has 0 heterocycles. The number of aryl methyl sites for hydroxylation is 2. The van der Waals surface area contributed by atoms with E-state index in [1.807, 2.05) is 0 Å². The number of fused-ring (bicyclic) bond motifs is 1. The van der Waals surface area contributed by atoms with Gasteiger partial charge in [-0.05, 0) is 54.3 Å². The zero-order valence-corrected chi connectivity index (χ0v) is 13.1. The normalized spacial score (nSPS) is 21.8. The van der Waals surface area contributed by atoms with E-state index in [9.17, 15) is 0 Å². The average Bonchev–Trinajstić information content (AvgIpc) is 2.48. The molecule has 0 bridgehead atoms. The quantitative estimate of drug-likeness (QED) is 0.776. The Morgan fingerprint density at radius 3 is 2.74 bits per heavy atom. The van der Waals surface area contributed by atoms with Gasteiger partial charge in [0.1, 0.15) is 0 Å². The van der Waals surface area contributed by atoms with Crippen LogP contribution in [-0.4, -0.2) is 6.54 Å². The van der Waals surface area contributed by atoms with Crippen molar-refractivity contribution in [2.45, 2.75) is 65.8 Å². The monoisotopic (exact) mass is 259 g/mol. The summed E-state index contributed by atoms with van der Waals surface area (Å²) in [6.45, 7) is 10.4. The molecule has 2 rings (SSSR count). The van der Waals surface area contributed by atoms with E-state index < -0.39 is 0 Å². The molecule has 1 heteroatoms. The van der Waals surface area contributed by atoms with E-state index in [4.69, 9.17) is 0 Å². The summed E-state index contributed by atoms with van der Waals surface area (Å²) < 4.78 is 0. The van der Waals surface area contributed by atoms with E-state index in [1.54, 1.807) is 11.1 Å². The molecule has 1 aliphatic carbocycles. The molecule has 0 aromatic heterocycles. The van der Waals surface area contributed by atoms with Gasteiger partial charge in [-0.3, -0.25) is 0 Å². The first-order valence-electron chi connectivity index (χ1n) is 7.91. The zero-order valence-electron chi connectivity index (χ0n) is 13.1. The predicted molar refractivity (Wildman–Crippen MR) is 83.6 cm³/mol. The van der Waals surface area contributed by atoms with Gasteiger partial charge in [-0.25, -0.2) is 0 Å². The highest BCUT2D eigenvalue weighted by atomic mass is 14.9. The van der Waals surface area contributed by atoms with Crippen molar-refractivity contribution in [3.8, 4) is 0 Å². The van der Waals surface area contributed by atoms with Crippen LogP contribution in [0, 0.1) is 5.41 Å². The molecule has 0 aliphatic heterocycles. The van der Waals surface area contributed by atoms with Gasteiger partial charge in [0.15, 0.2) is 0 Å². The molecule has 106 valence electrons. The van der Waals surface area contributed by atoms with Crippen molar-refractivity contribution in [1.82, 2.24) is 5.32 Å². The maximum Gasteiger partial charge on any atom is 0.0328 e. The zero-order chi connectivity index (χ0) is 13.9. The Morgan fingerprint density at radius 1 is 1.26 bits per heavy atom. The van der Waals surface area contributed by atoms with Crippen molar-refractivity contribution in [3.63, 3.8) is 0 Å². The molecule has 0 fully saturated rings. The van der Waals surface area contributed by atoms with Gasteiger partial charge in [0.05, 0.1) is 0 Å². The van der Waals surface area contributed by atoms with Crippen molar-refractivity contribution in [3.05, 3.63) is 34.9 Å². The third kappa shape index (κ3) is 3.60. The van der Waals surface area contributed by atoms with Gasteiger partial charge in [-0.2, -0.15) is 0 Å². The molecule has 1 aromatic carbocycles.